The molecule has 1 saturated carbocycles. The van der Waals surface area contributed by atoms with E-state index in [2.05, 4.69) is 10.4 Å². The fraction of sp³-hybridized carbons (Fsp3) is 0.421. The van der Waals surface area contributed by atoms with Gasteiger partial charge in [0.1, 0.15) is 0 Å². The number of nitrogens with zero attached hydrogens (tertiary/aromatic N) is 2. The number of carbonyl (C=O) groups is 2. The van der Waals surface area contributed by atoms with Crippen molar-refractivity contribution in [2.75, 3.05) is 6.54 Å². The monoisotopic (exact) mass is 341 g/mol. The van der Waals surface area contributed by atoms with Gasteiger partial charge in [0.05, 0.1) is 17.4 Å². The number of hydrogen-bond donors (Lipinski definition) is 2. The Balaban J connectivity index is 1.67. The Kier molecular flexibility index (Phi) is 4.47. The molecule has 0 radical (unpaired) electrons. The Morgan fingerprint density at radius 1 is 1.28 bits per heavy atom. The van der Waals surface area contributed by atoms with Crippen LogP contribution in [0, 0.1) is 19.3 Å². The normalized spacial score (nSPS) is 16.3. The van der Waals surface area contributed by atoms with Crippen molar-refractivity contribution in [1.29, 1.82) is 0 Å². The Morgan fingerprint density at radius 3 is 2.44 bits per heavy atom. The molecule has 1 atom stereocenters. The lowest BCUT2D eigenvalue weighted by Gasteiger charge is -2.23. The molecule has 1 amide bonds. The van der Waals surface area contributed by atoms with Crippen LogP contribution in [0.1, 0.15) is 46.3 Å². The smallest absolute Gasteiger partial charge is 0.292 e. The topological polar surface area (TPSA) is 84.2 Å². The van der Waals surface area contributed by atoms with Crippen LogP contribution in [0.2, 0.25) is 0 Å². The number of carbonyl (C=O) groups excluding carboxylic acids is 2. The van der Waals surface area contributed by atoms with E-state index in [1.165, 1.54) is 0 Å². The zero-order valence-corrected chi connectivity index (χ0v) is 14.7. The molecule has 1 aromatic carbocycles. The first-order valence-electron chi connectivity index (χ1n) is 8.41. The Morgan fingerprint density at radius 2 is 1.92 bits per heavy atom. The Labute approximate surface area is 146 Å². The maximum absolute atomic E-state index is 12.4. The van der Waals surface area contributed by atoms with E-state index in [1.807, 2.05) is 30.3 Å². The molecule has 0 saturated heterocycles. The number of benzene rings is 1. The van der Waals surface area contributed by atoms with E-state index in [1.54, 1.807) is 25.6 Å². The summed E-state index contributed by atoms with van der Waals surface area (Å²) in [4.78, 5) is 24.8. The highest BCUT2D eigenvalue weighted by atomic mass is 16.3. The lowest BCUT2D eigenvalue weighted by Crippen LogP contribution is -2.37. The number of hydrogen-bond acceptors (Lipinski definition) is 4. The quantitative estimate of drug-likeness (QED) is 0.620. The summed E-state index contributed by atoms with van der Waals surface area (Å²) in [5.41, 5.74) is 2.03. The van der Waals surface area contributed by atoms with Crippen molar-refractivity contribution < 1.29 is 14.7 Å². The van der Waals surface area contributed by atoms with Crippen molar-refractivity contribution >= 4 is 11.7 Å². The van der Waals surface area contributed by atoms with Crippen molar-refractivity contribution in [3.8, 4) is 0 Å². The molecule has 0 aliphatic heterocycles. The largest absolute Gasteiger partial charge is 0.388 e. The molecular weight excluding hydrogens is 318 g/mol. The van der Waals surface area contributed by atoms with Crippen LogP contribution < -0.4 is 5.32 Å². The number of aryl methyl sites for hydroxylation is 2. The fourth-order valence-electron chi connectivity index (χ4n) is 3.25. The molecule has 2 aromatic rings. The number of nitrogens with one attached hydrogen (secondary N) is 1. The van der Waals surface area contributed by atoms with Crippen LogP contribution >= 0.6 is 0 Å². The highest BCUT2D eigenvalue weighted by Gasteiger charge is 2.49. The van der Waals surface area contributed by atoms with Crippen LogP contribution in [-0.2, 0) is 11.8 Å². The number of aromatic nitrogens is 2. The van der Waals surface area contributed by atoms with Crippen molar-refractivity contribution in [3.05, 3.63) is 52.8 Å². The van der Waals surface area contributed by atoms with Crippen molar-refractivity contribution in [1.82, 2.24) is 15.1 Å². The van der Waals surface area contributed by atoms with E-state index >= 15 is 0 Å². The molecule has 25 heavy (non-hydrogen) atoms. The summed E-state index contributed by atoms with van der Waals surface area (Å²) in [6.45, 7) is 3.77. The Hall–Kier alpha value is -2.47. The molecule has 6 nitrogen and oxygen atoms in total. The van der Waals surface area contributed by atoms with Crippen LogP contribution in [-0.4, -0.2) is 33.1 Å². The van der Waals surface area contributed by atoms with Gasteiger partial charge in [-0.1, -0.05) is 30.3 Å². The number of aliphatic hydroxyl groups excluding tert-OH is 1. The van der Waals surface area contributed by atoms with Gasteiger partial charge in [-0.25, -0.2) is 0 Å². The van der Waals surface area contributed by atoms with Gasteiger partial charge in [-0.05, 0) is 32.3 Å². The zero-order valence-electron chi connectivity index (χ0n) is 14.7. The first-order chi connectivity index (χ1) is 11.9. The van der Waals surface area contributed by atoms with Gasteiger partial charge in [0.15, 0.2) is 0 Å². The van der Waals surface area contributed by atoms with Gasteiger partial charge in [0, 0.05) is 24.7 Å². The third-order valence-electron chi connectivity index (χ3n) is 5.13. The van der Waals surface area contributed by atoms with E-state index in [-0.39, 0.29) is 12.0 Å². The van der Waals surface area contributed by atoms with Crippen molar-refractivity contribution in [2.24, 2.45) is 12.5 Å². The molecule has 1 heterocycles. The average molecular weight is 341 g/mol. The molecule has 1 aliphatic carbocycles. The molecule has 3 rings (SSSR count). The summed E-state index contributed by atoms with van der Waals surface area (Å²) >= 11 is 0. The van der Waals surface area contributed by atoms with Crippen LogP contribution in [0.4, 0.5) is 0 Å². The third kappa shape index (κ3) is 3.22. The minimum atomic E-state index is -0.647. The first kappa shape index (κ1) is 17.4. The summed E-state index contributed by atoms with van der Waals surface area (Å²) in [6.07, 6.45) is 0.997. The van der Waals surface area contributed by atoms with Gasteiger partial charge in [-0.15, -0.1) is 0 Å². The molecule has 2 N–H and O–H groups in total. The predicted octanol–water partition coefficient (Wildman–Crippen LogP) is 1.85. The second-order valence-corrected chi connectivity index (χ2v) is 6.86. The van der Waals surface area contributed by atoms with Gasteiger partial charge < -0.3 is 10.4 Å². The second-order valence-electron chi connectivity index (χ2n) is 6.86. The summed E-state index contributed by atoms with van der Waals surface area (Å²) in [7, 11) is 1.74. The van der Waals surface area contributed by atoms with Gasteiger partial charge in [-0.3, -0.25) is 14.3 Å². The molecular formula is C19H23N3O3. The van der Waals surface area contributed by atoms with E-state index in [0.29, 0.717) is 17.0 Å². The number of aliphatic hydroxyl groups is 1. The third-order valence-corrected chi connectivity index (χ3v) is 5.13. The first-order valence-corrected chi connectivity index (χ1v) is 8.41. The van der Waals surface area contributed by atoms with E-state index in [0.717, 1.165) is 18.4 Å². The van der Waals surface area contributed by atoms with Gasteiger partial charge >= 0.3 is 0 Å². The molecule has 1 aromatic heterocycles. The van der Waals surface area contributed by atoms with Crippen LogP contribution in [0.15, 0.2) is 30.3 Å². The molecule has 0 spiro atoms. The highest BCUT2D eigenvalue weighted by Crippen LogP contribution is 2.54. The second kappa shape index (κ2) is 6.44. The summed E-state index contributed by atoms with van der Waals surface area (Å²) < 4.78 is 1.59. The average Bonchev–Trinajstić information content (AvgIpc) is 3.35. The molecule has 1 fully saturated rings. The van der Waals surface area contributed by atoms with Crippen LogP contribution in [0.3, 0.4) is 0 Å². The minimum absolute atomic E-state index is 0.284. The summed E-state index contributed by atoms with van der Waals surface area (Å²) in [5, 5.41) is 17.5. The SMILES string of the molecule is Cc1nn(C)c(C)c1C(=O)C(=O)NCC1([C@H](O)c2ccccc2)CC1. The minimum Gasteiger partial charge on any atom is -0.388 e. The summed E-state index contributed by atoms with van der Waals surface area (Å²) in [5.74, 6) is -1.22. The van der Waals surface area contributed by atoms with E-state index < -0.39 is 17.8 Å². The molecule has 0 unspecified atom stereocenters. The summed E-state index contributed by atoms with van der Waals surface area (Å²) in [6, 6.07) is 9.41. The van der Waals surface area contributed by atoms with Crippen molar-refractivity contribution in [3.63, 3.8) is 0 Å². The van der Waals surface area contributed by atoms with Crippen molar-refractivity contribution in [2.45, 2.75) is 32.8 Å². The Bertz CT molecular complexity index is 807. The molecule has 132 valence electrons. The number of rotatable bonds is 6. The predicted molar refractivity (Wildman–Crippen MR) is 93.1 cm³/mol. The lowest BCUT2D eigenvalue weighted by atomic mass is 9.92. The lowest BCUT2D eigenvalue weighted by molar-refractivity contribution is -0.117. The van der Waals surface area contributed by atoms with Gasteiger partial charge in [0.25, 0.3) is 11.7 Å². The number of amides is 1. The maximum atomic E-state index is 12.4. The molecule has 0 bridgehead atoms. The highest BCUT2D eigenvalue weighted by molar-refractivity contribution is 6.43. The molecule has 1 aliphatic rings. The van der Waals surface area contributed by atoms with Crippen LogP contribution in [0.25, 0.3) is 0 Å². The van der Waals surface area contributed by atoms with E-state index in [4.69, 9.17) is 0 Å². The van der Waals surface area contributed by atoms with Gasteiger partial charge in [0.2, 0.25) is 0 Å². The van der Waals surface area contributed by atoms with Gasteiger partial charge in [-0.2, -0.15) is 5.10 Å². The van der Waals surface area contributed by atoms with Crippen LogP contribution in [0.5, 0.6) is 0 Å². The number of Topliss-reactive ketones (excluding diaryl/α,β-unsaturated/α-hetero) is 1. The maximum Gasteiger partial charge on any atom is 0.292 e. The molecule has 6 heteroatoms. The standard InChI is InChI=1S/C19H23N3O3/c1-12-15(13(2)22(3)21-12)16(23)18(25)20-11-19(9-10-19)17(24)14-7-5-4-6-8-14/h4-8,17,24H,9-11H2,1-3H3,(H,20,25)/t17-/m1/s1. The van der Waals surface area contributed by atoms with E-state index in [9.17, 15) is 14.7 Å². The fourth-order valence-corrected chi connectivity index (χ4v) is 3.25. The number of ketones is 1. The zero-order chi connectivity index (χ0) is 18.2.